The van der Waals surface area contributed by atoms with Crippen molar-refractivity contribution < 1.29 is 21.6 Å². The highest BCUT2D eigenvalue weighted by atomic mass is 32.3. The lowest BCUT2D eigenvalue weighted by Crippen LogP contribution is -2.52. The van der Waals surface area contributed by atoms with E-state index in [2.05, 4.69) is 4.13 Å². The molecular weight excluding hydrogens is 314 g/mol. The standard InChI is InChI=1S/C13H22NO5S2/c1-20(15,16)14-21(17,18)3-2-19-13-7-10-4-11(8-13)6-12(5-10)9-13/h10-12H,2-9H2,1H3/q-1. The van der Waals surface area contributed by atoms with Gasteiger partial charge in [-0.15, -0.1) is 0 Å². The lowest BCUT2D eigenvalue weighted by Gasteiger charge is -2.56. The fourth-order valence-electron chi connectivity index (χ4n) is 4.81. The Morgan fingerprint density at radius 3 is 1.90 bits per heavy atom. The first-order valence-corrected chi connectivity index (χ1v) is 10.9. The van der Waals surface area contributed by atoms with Gasteiger partial charge in [0.05, 0.1) is 38.0 Å². The van der Waals surface area contributed by atoms with E-state index >= 15 is 0 Å². The maximum absolute atomic E-state index is 11.6. The van der Waals surface area contributed by atoms with Gasteiger partial charge in [0.15, 0.2) is 0 Å². The largest absolute Gasteiger partial charge is 0.436 e. The third kappa shape index (κ3) is 3.78. The molecule has 0 amide bonds. The molecule has 0 unspecified atom stereocenters. The van der Waals surface area contributed by atoms with Gasteiger partial charge < -0.3 is 8.86 Å². The molecule has 0 aromatic rings. The van der Waals surface area contributed by atoms with Gasteiger partial charge in [0.1, 0.15) is 0 Å². The summed E-state index contributed by atoms with van der Waals surface area (Å²) in [6, 6.07) is 0. The van der Waals surface area contributed by atoms with Crippen LogP contribution in [-0.4, -0.2) is 41.1 Å². The Bertz CT molecular complexity index is 575. The molecule has 0 aromatic carbocycles. The Balaban J connectivity index is 1.56. The Morgan fingerprint density at radius 2 is 1.48 bits per heavy atom. The predicted octanol–water partition coefficient (Wildman–Crippen LogP) is 1.63. The Kier molecular flexibility index (Phi) is 3.87. The molecule has 0 aromatic heterocycles. The minimum atomic E-state index is -3.96. The van der Waals surface area contributed by atoms with Gasteiger partial charge in [-0.2, -0.15) is 0 Å². The van der Waals surface area contributed by atoms with Crippen molar-refractivity contribution in [1.29, 1.82) is 0 Å². The Morgan fingerprint density at radius 1 is 1.00 bits per heavy atom. The van der Waals surface area contributed by atoms with Crippen LogP contribution >= 0.6 is 0 Å². The summed E-state index contributed by atoms with van der Waals surface area (Å²) >= 11 is 0. The van der Waals surface area contributed by atoms with Gasteiger partial charge in [-0.1, -0.05) is 0 Å². The molecule has 21 heavy (non-hydrogen) atoms. The first-order valence-electron chi connectivity index (χ1n) is 7.46. The van der Waals surface area contributed by atoms with Crippen LogP contribution in [0, 0.1) is 17.8 Å². The van der Waals surface area contributed by atoms with Crippen LogP contribution < -0.4 is 0 Å². The van der Waals surface area contributed by atoms with Crippen molar-refractivity contribution in [3.63, 3.8) is 0 Å². The van der Waals surface area contributed by atoms with E-state index in [1.54, 1.807) is 0 Å². The summed E-state index contributed by atoms with van der Waals surface area (Å²) < 4.78 is 54.0. The monoisotopic (exact) mass is 336 g/mol. The molecule has 0 saturated heterocycles. The van der Waals surface area contributed by atoms with E-state index in [1.165, 1.54) is 19.3 Å². The first-order chi connectivity index (χ1) is 9.65. The second kappa shape index (κ2) is 5.18. The normalized spacial score (nSPS) is 38.8. The molecule has 4 bridgehead atoms. The van der Waals surface area contributed by atoms with Crippen molar-refractivity contribution in [2.45, 2.75) is 44.1 Å². The van der Waals surface area contributed by atoms with Crippen LogP contribution in [0.25, 0.3) is 4.13 Å². The number of hydrogen-bond donors (Lipinski definition) is 0. The van der Waals surface area contributed by atoms with Crippen LogP contribution in [-0.2, 0) is 24.8 Å². The molecule has 8 heteroatoms. The minimum Gasteiger partial charge on any atom is -0.436 e. The van der Waals surface area contributed by atoms with E-state index in [0.717, 1.165) is 43.3 Å². The van der Waals surface area contributed by atoms with Crippen molar-refractivity contribution >= 4 is 20.0 Å². The van der Waals surface area contributed by atoms with E-state index in [1.807, 2.05) is 0 Å². The molecule has 0 heterocycles. The van der Waals surface area contributed by atoms with Crippen LogP contribution in [0.15, 0.2) is 0 Å². The van der Waals surface area contributed by atoms with Gasteiger partial charge in [0.2, 0.25) is 0 Å². The average molecular weight is 336 g/mol. The highest BCUT2D eigenvalue weighted by molar-refractivity contribution is 8.11. The zero-order valence-corrected chi connectivity index (χ0v) is 13.8. The summed E-state index contributed by atoms with van der Waals surface area (Å²) in [5.74, 6) is 1.83. The van der Waals surface area contributed by atoms with Gasteiger partial charge >= 0.3 is 0 Å². The zero-order chi connectivity index (χ0) is 15.3. The molecule has 0 N–H and O–H groups in total. The lowest BCUT2D eigenvalue weighted by molar-refractivity contribution is -0.158. The molecule has 0 spiro atoms. The fourth-order valence-corrected chi connectivity index (χ4v) is 7.06. The van der Waals surface area contributed by atoms with E-state index in [0.29, 0.717) is 0 Å². The van der Waals surface area contributed by atoms with Crippen LogP contribution in [0.2, 0.25) is 0 Å². The second-order valence-electron chi connectivity index (χ2n) is 7.04. The number of hydrogen-bond acceptors (Lipinski definition) is 5. The summed E-state index contributed by atoms with van der Waals surface area (Å²) in [5.41, 5.74) is -0.157. The van der Waals surface area contributed by atoms with Crippen molar-refractivity contribution in [2.24, 2.45) is 17.8 Å². The topological polar surface area (TPSA) is 91.6 Å². The number of ether oxygens (including phenoxy) is 1. The van der Waals surface area contributed by atoms with Gasteiger partial charge in [-0.25, -0.2) is 16.8 Å². The molecule has 4 rings (SSSR count). The molecule has 0 radical (unpaired) electrons. The first kappa shape index (κ1) is 15.7. The van der Waals surface area contributed by atoms with E-state index in [9.17, 15) is 16.8 Å². The molecule has 4 aliphatic rings. The highest BCUT2D eigenvalue weighted by Gasteiger charge is 2.51. The number of sulfonamides is 2. The molecule has 122 valence electrons. The molecular formula is C13H22NO5S2-. The van der Waals surface area contributed by atoms with Gasteiger partial charge in [-0.3, -0.25) is 0 Å². The third-order valence-corrected chi connectivity index (χ3v) is 7.65. The summed E-state index contributed by atoms with van der Waals surface area (Å²) in [7, 11) is -7.84. The summed E-state index contributed by atoms with van der Waals surface area (Å²) in [4.78, 5) is 0. The zero-order valence-electron chi connectivity index (χ0n) is 12.2. The molecule has 4 aliphatic carbocycles. The Labute approximate surface area is 126 Å². The van der Waals surface area contributed by atoms with Crippen molar-refractivity contribution in [2.75, 3.05) is 18.6 Å². The smallest absolute Gasteiger partial charge is 0.0853 e. The molecule has 0 aliphatic heterocycles. The van der Waals surface area contributed by atoms with Crippen LogP contribution in [0.3, 0.4) is 0 Å². The molecule has 4 saturated carbocycles. The summed E-state index contributed by atoms with van der Waals surface area (Å²) in [6.45, 7) is 0.0352. The molecule has 6 nitrogen and oxygen atoms in total. The summed E-state index contributed by atoms with van der Waals surface area (Å²) in [5, 5.41) is 0. The maximum Gasteiger partial charge on any atom is 0.0853 e. The van der Waals surface area contributed by atoms with Gasteiger partial charge in [0, 0.05) is 6.26 Å². The highest BCUT2D eigenvalue weighted by Crippen LogP contribution is 2.57. The van der Waals surface area contributed by atoms with E-state index in [-0.39, 0.29) is 18.0 Å². The van der Waals surface area contributed by atoms with Gasteiger partial charge in [-0.05, 0) is 56.3 Å². The molecule has 4 fully saturated rings. The third-order valence-electron chi connectivity index (χ3n) is 4.98. The van der Waals surface area contributed by atoms with Crippen LogP contribution in [0.1, 0.15) is 38.5 Å². The van der Waals surface area contributed by atoms with Crippen molar-refractivity contribution in [3.05, 3.63) is 4.13 Å². The average Bonchev–Trinajstić information content (AvgIpc) is 2.21. The van der Waals surface area contributed by atoms with Gasteiger partial charge in [0.25, 0.3) is 0 Å². The minimum absolute atomic E-state index is 0.0352. The SMILES string of the molecule is CS(=O)(=O)[N-]S(=O)(=O)CCOC12CC3CC(CC(C3)C1)C2. The fraction of sp³-hybridized carbons (Fsp3) is 1.00. The molecule has 0 atom stereocenters. The lowest BCUT2D eigenvalue weighted by atomic mass is 9.54. The van der Waals surface area contributed by atoms with Crippen molar-refractivity contribution in [1.82, 2.24) is 0 Å². The summed E-state index contributed by atoms with van der Waals surface area (Å²) in [6.07, 6.45) is 7.76. The quantitative estimate of drug-likeness (QED) is 0.735. The predicted molar refractivity (Wildman–Crippen MR) is 78.8 cm³/mol. The number of nitrogens with zero attached hydrogens (tertiary/aromatic N) is 1. The van der Waals surface area contributed by atoms with E-state index in [4.69, 9.17) is 4.74 Å². The van der Waals surface area contributed by atoms with Crippen molar-refractivity contribution in [3.8, 4) is 0 Å². The number of rotatable bonds is 6. The van der Waals surface area contributed by atoms with Crippen LogP contribution in [0.4, 0.5) is 0 Å². The maximum atomic E-state index is 11.6. The Hall–Kier alpha value is -0.180. The second-order valence-corrected chi connectivity index (χ2v) is 10.7. The van der Waals surface area contributed by atoms with Crippen LogP contribution in [0.5, 0.6) is 0 Å². The van der Waals surface area contributed by atoms with E-state index < -0.39 is 20.0 Å².